The van der Waals surface area contributed by atoms with E-state index in [0.717, 1.165) is 0 Å². The highest BCUT2D eigenvalue weighted by molar-refractivity contribution is 7.22. The number of halogens is 1. The van der Waals surface area contributed by atoms with Crippen molar-refractivity contribution >= 4 is 32.6 Å². The van der Waals surface area contributed by atoms with Crippen LogP contribution in [0.2, 0.25) is 0 Å². The number of thiazole rings is 1. The summed E-state index contributed by atoms with van der Waals surface area (Å²) < 4.78 is 26.3. The van der Waals surface area contributed by atoms with Gasteiger partial charge in [0.25, 0.3) is 5.91 Å². The molecule has 0 spiro atoms. The first-order valence-electron chi connectivity index (χ1n) is 8.92. The maximum atomic E-state index is 14.1. The molecule has 0 unspecified atom stereocenters. The maximum absolute atomic E-state index is 14.1. The lowest BCUT2D eigenvalue weighted by atomic mass is 10.2. The van der Waals surface area contributed by atoms with Crippen LogP contribution >= 0.6 is 11.3 Å². The summed E-state index contributed by atoms with van der Waals surface area (Å²) in [6.45, 7) is 1.16. The lowest BCUT2D eigenvalue weighted by Gasteiger charge is -2.30. The summed E-state index contributed by atoms with van der Waals surface area (Å²) in [6.07, 6.45) is -0.783. The van der Waals surface area contributed by atoms with Crippen LogP contribution in [-0.2, 0) is 4.79 Å². The number of hydrogen-bond acceptors (Lipinski definition) is 6. The molecule has 4 rings (SSSR count). The number of carbonyl (C=O) groups excluding carboxylic acids is 1. The minimum atomic E-state index is -0.783. The predicted molar refractivity (Wildman–Crippen MR) is 107 cm³/mol. The highest BCUT2D eigenvalue weighted by Gasteiger charge is 2.33. The number of hydrogen-bond donors (Lipinski definition) is 0. The van der Waals surface area contributed by atoms with Gasteiger partial charge in [-0.1, -0.05) is 29.5 Å². The molecule has 0 bridgehead atoms. The van der Waals surface area contributed by atoms with E-state index >= 15 is 0 Å². The summed E-state index contributed by atoms with van der Waals surface area (Å²) in [6, 6.07) is 12.1. The van der Waals surface area contributed by atoms with Crippen LogP contribution in [0.1, 0.15) is 0 Å². The van der Waals surface area contributed by atoms with Gasteiger partial charge in [-0.05, 0) is 38.4 Å². The zero-order valence-electron chi connectivity index (χ0n) is 15.6. The van der Waals surface area contributed by atoms with E-state index in [4.69, 9.17) is 9.47 Å². The third-order valence-electron chi connectivity index (χ3n) is 4.41. The molecule has 3 aromatic rings. The number of rotatable bonds is 5. The molecule has 0 saturated carbocycles. The van der Waals surface area contributed by atoms with Crippen LogP contribution in [0.4, 0.5) is 9.52 Å². The Bertz CT molecular complexity index is 1010. The molecule has 1 amide bonds. The van der Waals surface area contributed by atoms with Crippen molar-refractivity contribution in [2.75, 3.05) is 38.7 Å². The monoisotopic (exact) mass is 401 g/mol. The van der Waals surface area contributed by atoms with Crippen molar-refractivity contribution in [1.82, 2.24) is 9.88 Å². The molecule has 28 heavy (non-hydrogen) atoms. The van der Waals surface area contributed by atoms with Gasteiger partial charge in [-0.2, -0.15) is 0 Å². The van der Waals surface area contributed by atoms with Crippen LogP contribution < -0.4 is 14.4 Å². The van der Waals surface area contributed by atoms with Gasteiger partial charge in [0.1, 0.15) is 17.9 Å². The van der Waals surface area contributed by atoms with E-state index in [1.54, 1.807) is 29.2 Å². The Morgan fingerprint density at radius 3 is 2.71 bits per heavy atom. The molecule has 1 aliphatic rings. The van der Waals surface area contributed by atoms with E-state index in [-0.39, 0.29) is 18.0 Å². The molecule has 0 aliphatic carbocycles. The highest BCUT2D eigenvalue weighted by Crippen LogP contribution is 2.34. The van der Waals surface area contributed by atoms with E-state index in [9.17, 15) is 9.18 Å². The van der Waals surface area contributed by atoms with Gasteiger partial charge in [0.05, 0.1) is 4.70 Å². The van der Waals surface area contributed by atoms with Gasteiger partial charge in [-0.15, -0.1) is 0 Å². The number of ether oxygens (including phenoxy) is 2. The quantitative estimate of drug-likeness (QED) is 0.657. The van der Waals surface area contributed by atoms with Crippen LogP contribution in [0.25, 0.3) is 10.2 Å². The molecule has 1 aromatic heterocycles. The number of carbonyl (C=O) groups is 1. The number of para-hydroxylation sites is 3. The van der Waals surface area contributed by atoms with E-state index in [1.807, 2.05) is 31.1 Å². The number of benzene rings is 2. The molecule has 1 aliphatic heterocycles. The Kier molecular flexibility index (Phi) is 5.15. The molecule has 0 radical (unpaired) electrons. The van der Waals surface area contributed by atoms with Gasteiger partial charge in [0.15, 0.2) is 16.6 Å². The molecule has 6 nitrogen and oxygen atoms in total. The van der Waals surface area contributed by atoms with Gasteiger partial charge in [0.2, 0.25) is 6.10 Å². The fourth-order valence-corrected chi connectivity index (χ4v) is 3.95. The van der Waals surface area contributed by atoms with Crippen molar-refractivity contribution < 1.29 is 18.7 Å². The normalized spacial score (nSPS) is 15.8. The number of fused-ring (bicyclic) bond motifs is 2. The second-order valence-electron chi connectivity index (χ2n) is 6.74. The first-order chi connectivity index (χ1) is 13.5. The fraction of sp³-hybridized carbons (Fsp3) is 0.300. The van der Waals surface area contributed by atoms with Gasteiger partial charge in [-0.3, -0.25) is 9.69 Å². The summed E-state index contributed by atoms with van der Waals surface area (Å²) in [5.41, 5.74) is 0.274. The van der Waals surface area contributed by atoms with Crippen molar-refractivity contribution in [3.05, 3.63) is 48.3 Å². The Morgan fingerprint density at radius 2 is 1.96 bits per heavy atom. The van der Waals surface area contributed by atoms with E-state index in [1.165, 1.54) is 17.4 Å². The van der Waals surface area contributed by atoms with Crippen LogP contribution in [0.15, 0.2) is 42.5 Å². The molecule has 2 heterocycles. The molecule has 0 N–H and O–H groups in total. The average molecular weight is 401 g/mol. The van der Waals surface area contributed by atoms with Crippen LogP contribution in [0.5, 0.6) is 11.5 Å². The predicted octanol–water partition coefficient (Wildman–Crippen LogP) is 3.17. The van der Waals surface area contributed by atoms with Crippen molar-refractivity contribution in [3.63, 3.8) is 0 Å². The third kappa shape index (κ3) is 3.65. The van der Waals surface area contributed by atoms with Crippen molar-refractivity contribution in [2.24, 2.45) is 0 Å². The zero-order chi connectivity index (χ0) is 19.7. The first-order valence-corrected chi connectivity index (χ1v) is 9.74. The molecule has 0 saturated heterocycles. The van der Waals surface area contributed by atoms with Crippen molar-refractivity contribution in [1.29, 1.82) is 0 Å². The molecule has 1 atom stereocenters. The van der Waals surface area contributed by atoms with Crippen LogP contribution in [0, 0.1) is 5.82 Å². The molecular weight excluding hydrogens is 381 g/mol. The maximum Gasteiger partial charge on any atom is 0.273 e. The van der Waals surface area contributed by atoms with Crippen LogP contribution in [-0.4, -0.2) is 55.7 Å². The van der Waals surface area contributed by atoms with Gasteiger partial charge in [-0.25, -0.2) is 9.37 Å². The second kappa shape index (κ2) is 7.73. The molecule has 2 aromatic carbocycles. The van der Waals surface area contributed by atoms with Crippen LogP contribution in [0.3, 0.4) is 0 Å². The fourth-order valence-electron chi connectivity index (χ4n) is 2.93. The van der Waals surface area contributed by atoms with E-state index in [0.29, 0.717) is 34.4 Å². The Morgan fingerprint density at radius 1 is 1.18 bits per heavy atom. The molecule has 146 valence electrons. The number of likely N-dealkylation sites (N-methyl/N-ethyl adjacent to an activating group) is 1. The summed E-state index contributed by atoms with van der Waals surface area (Å²) in [7, 11) is 3.86. The van der Waals surface area contributed by atoms with E-state index < -0.39 is 11.9 Å². The SMILES string of the molecule is CN(C)CCN(C(=O)[C@@H]1COc2ccccc2O1)c1nc2c(F)cccc2s1. The van der Waals surface area contributed by atoms with Crippen molar-refractivity contribution in [3.8, 4) is 11.5 Å². The topological polar surface area (TPSA) is 54.9 Å². The first kappa shape index (κ1) is 18.6. The molecule has 0 fully saturated rings. The highest BCUT2D eigenvalue weighted by atomic mass is 32.1. The minimum absolute atomic E-state index is 0.119. The lowest BCUT2D eigenvalue weighted by Crippen LogP contribution is -2.48. The number of amides is 1. The zero-order valence-corrected chi connectivity index (χ0v) is 16.4. The smallest absolute Gasteiger partial charge is 0.273 e. The Balaban J connectivity index is 1.63. The molecular formula is C20H20FN3O3S. The summed E-state index contributed by atoms with van der Waals surface area (Å²) in [4.78, 5) is 21.2. The van der Waals surface area contributed by atoms with Gasteiger partial charge < -0.3 is 14.4 Å². The number of nitrogens with zero attached hydrogens (tertiary/aromatic N) is 3. The largest absolute Gasteiger partial charge is 0.485 e. The van der Waals surface area contributed by atoms with E-state index in [2.05, 4.69) is 4.98 Å². The number of aromatic nitrogens is 1. The Hall–Kier alpha value is -2.71. The second-order valence-corrected chi connectivity index (χ2v) is 7.75. The molecule has 8 heteroatoms. The lowest BCUT2D eigenvalue weighted by molar-refractivity contribution is -0.127. The summed E-state index contributed by atoms with van der Waals surface area (Å²) in [5.74, 6) is 0.505. The average Bonchev–Trinajstić information content (AvgIpc) is 3.12. The standard InChI is InChI=1S/C20H20FN3O3S/c1-23(2)10-11-24(20-22-18-13(21)6-5-9-17(18)28-20)19(25)16-12-26-14-7-3-4-8-15(14)27-16/h3-9,16H,10-12H2,1-2H3/t16-/m0/s1. The number of anilines is 1. The van der Waals surface area contributed by atoms with Gasteiger partial charge in [0, 0.05) is 13.1 Å². The third-order valence-corrected chi connectivity index (χ3v) is 5.45. The Labute approximate surface area is 166 Å². The summed E-state index contributed by atoms with van der Waals surface area (Å²) in [5, 5.41) is 0.453. The summed E-state index contributed by atoms with van der Waals surface area (Å²) >= 11 is 1.29. The van der Waals surface area contributed by atoms with Gasteiger partial charge >= 0.3 is 0 Å². The minimum Gasteiger partial charge on any atom is -0.485 e. The van der Waals surface area contributed by atoms with Crippen molar-refractivity contribution in [2.45, 2.75) is 6.10 Å².